The normalized spacial score (nSPS) is 16.1. The summed E-state index contributed by atoms with van der Waals surface area (Å²) in [5.74, 6) is 0. The molecule has 0 heterocycles. The molecule has 0 radical (unpaired) electrons. The van der Waals surface area contributed by atoms with Crippen LogP contribution in [0.5, 0.6) is 0 Å². The largest absolute Gasteiger partial charge is 0.365 e. The molecule has 8 heavy (non-hydrogen) atoms. The number of hydrogen-bond donors (Lipinski definition) is 1. The molecule has 1 atom stereocenters. The van der Waals surface area contributed by atoms with Crippen LogP contribution in [0, 0.1) is 0 Å². The number of alkyl halides is 3. The minimum absolute atomic E-state index is 0.720. The molecule has 0 bridgehead atoms. The number of halogens is 3. The lowest BCUT2D eigenvalue weighted by Gasteiger charge is -2.17. The van der Waals surface area contributed by atoms with E-state index in [1.165, 1.54) is 7.11 Å². The van der Waals surface area contributed by atoms with Gasteiger partial charge in [-0.2, -0.15) is 0 Å². The summed E-state index contributed by atoms with van der Waals surface area (Å²) >= 11 is 9.19. The predicted molar refractivity (Wildman–Crippen MR) is 42.5 cm³/mol. The molecular weight excluding hydrogens is 308 g/mol. The van der Waals surface area contributed by atoms with E-state index in [4.69, 9.17) is 5.11 Å². The van der Waals surface area contributed by atoms with E-state index >= 15 is 0 Å². The van der Waals surface area contributed by atoms with E-state index in [0.717, 1.165) is 0 Å². The Morgan fingerprint density at radius 3 is 1.88 bits per heavy atom. The summed E-state index contributed by atoms with van der Waals surface area (Å²) in [5.41, 5.74) is 0. The van der Waals surface area contributed by atoms with Crippen molar-refractivity contribution in [3.63, 3.8) is 0 Å². The van der Waals surface area contributed by atoms with Crippen LogP contribution in [0.25, 0.3) is 0 Å². The van der Waals surface area contributed by atoms with Crippen molar-refractivity contribution in [2.45, 2.75) is 8.43 Å². The van der Waals surface area contributed by atoms with Gasteiger partial charge in [0, 0.05) is 7.11 Å². The fraction of sp³-hybridized carbons (Fsp3) is 1.00. The molecule has 2 nitrogen and oxygen atoms in total. The second-order valence-corrected chi connectivity index (χ2v) is 8.07. The third-order valence-corrected chi connectivity index (χ3v) is 1.68. The Hall–Kier alpha value is 1.36. The number of hydrogen-bond acceptors (Lipinski definition) is 2. The van der Waals surface area contributed by atoms with Gasteiger partial charge in [0.25, 0.3) is 0 Å². The van der Waals surface area contributed by atoms with Crippen molar-refractivity contribution in [3.8, 4) is 0 Å². The average Bonchev–Trinajstić information content (AvgIpc) is 1.62. The topological polar surface area (TPSA) is 29.5 Å². The fourth-order valence-electron chi connectivity index (χ4n) is 0.134. The van der Waals surface area contributed by atoms with Crippen molar-refractivity contribution in [3.05, 3.63) is 0 Å². The van der Waals surface area contributed by atoms with Crippen LogP contribution in [-0.4, -0.2) is 20.6 Å². The van der Waals surface area contributed by atoms with Crippen molar-refractivity contribution in [2.24, 2.45) is 0 Å². The lowest BCUT2D eigenvalue weighted by molar-refractivity contribution is -0.0624. The van der Waals surface area contributed by atoms with Crippen LogP contribution >= 0.6 is 47.8 Å². The Labute approximate surface area is 73.0 Å². The molecule has 5 heteroatoms. The number of ether oxygens (including phenoxy) is 1. The van der Waals surface area contributed by atoms with Gasteiger partial charge >= 0.3 is 0 Å². The molecule has 0 fully saturated rings. The molecule has 0 aliphatic rings. The monoisotopic (exact) mass is 310 g/mol. The highest BCUT2D eigenvalue weighted by atomic mass is 80.0. The van der Waals surface area contributed by atoms with Crippen LogP contribution in [0.1, 0.15) is 0 Å². The van der Waals surface area contributed by atoms with Gasteiger partial charge in [0.05, 0.1) is 0 Å². The van der Waals surface area contributed by atoms with E-state index in [0.29, 0.717) is 0 Å². The van der Waals surface area contributed by atoms with Gasteiger partial charge in [0.2, 0.25) is 0 Å². The summed E-state index contributed by atoms with van der Waals surface area (Å²) in [6.07, 6.45) is -0.900. The summed E-state index contributed by atoms with van der Waals surface area (Å²) < 4.78 is 3.81. The van der Waals surface area contributed by atoms with Crippen LogP contribution in [0.2, 0.25) is 0 Å². The first kappa shape index (κ1) is 9.36. The van der Waals surface area contributed by atoms with E-state index in [2.05, 4.69) is 52.5 Å². The summed E-state index contributed by atoms with van der Waals surface area (Å²) in [6.45, 7) is 0. The van der Waals surface area contributed by atoms with Crippen molar-refractivity contribution in [2.75, 3.05) is 7.11 Å². The van der Waals surface area contributed by atoms with Gasteiger partial charge in [0.15, 0.2) is 8.43 Å². The molecule has 0 amide bonds. The SMILES string of the molecule is COC(O)C(Br)(Br)Br. The molecule has 0 aliphatic carbocycles. The van der Waals surface area contributed by atoms with Crippen molar-refractivity contribution in [1.82, 2.24) is 0 Å². The highest BCUT2D eigenvalue weighted by molar-refractivity contribution is 9.39. The van der Waals surface area contributed by atoms with Crippen molar-refractivity contribution in [1.29, 1.82) is 0 Å². The summed E-state index contributed by atoms with van der Waals surface area (Å²) in [7, 11) is 1.41. The van der Waals surface area contributed by atoms with Crippen molar-refractivity contribution < 1.29 is 9.84 Å². The Morgan fingerprint density at radius 2 is 1.88 bits per heavy atom. The Balaban J connectivity index is 3.62. The van der Waals surface area contributed by atoms with Crippen LogP contribution in [-0.2, 0) is 4.74 Å². The van der Waals surface area contributed by atoms with Gasteiger partial charge in [-0.1, -0.05) is 47.8 Å². The Morgan fingerprint density at radius 1 is 1.50 bits per heavy atom. The molecule has 0 spiro atoms. The van der Waals surface area contributed by atoms with Gasteiger partial charge in [-0.05, 0) is 0 Å². The molecule has 0 aromatic carbocycles. The van der Waals surface area contributed by atoms with Gasteiger partial charge in [-0.15, -0.1) is 0 Å². The summed E-state index contributed by atoms with van der Waals surface area (Å²) in [4.78, 5) is 0. The molecule has 50 valence electrons. The maximum atomic E-state index is 8.83. The highest BCUT2D eigenvalue weighted by Gasteiger charge is 2.28. The molecule has 0 aliphatic heterocycles. The van der Waals surface area contributed by atoms with Gasteiger partial charge in [-0.3, -0.25) is 0 Å². The van der Waals surface area contributed by atoms with E-state index in [-0.39, 0.29) is 0 Å². The van der Waals surface area contributed by atoms with Crippen LogP contribution in [0.4, 0.5) is 0 Å². The van der Waals surface area contributed by atoms with E-state index in [9.17, 15) is 0 Å². The maximum absolute atomic E-state index is 8.83. The first-order chi connectivity index (χ1) is 3.48. The van der Waals surface area contributed by atoms with E-state index < -0.39 is 8.43 Å². The third kappa shape index (κ3) is 3.40. The summed E-state index contributed by atoms with van der Waals surface area (Å²) in [5, 5.41) is 8.83. The average molecular weight is 313 g/mol. The molecular formula is C3H5Br3O2. The van der Waals surface area contributed by atoms with Gasteiger partial charge in [0.1, 0.15) is 0 Å². The molecule has 0 saturated carbocycles. The minimum Gasteiger partial charge on any atom is -0.365 e. The standard InChI is InChI=1S/C3H5Br3O2/c1-8-2(7)3(4,5)6/h2,7H,1H3. The second-order valence-electron chi connectivity index (χ2n) is 1.13. The smallest absolute Gasteiger partial charge is 0.189 e. The van der Waals surface area contributed by atoms with Gasteiger partial charge in [-0.25, -0.2) is 0 Å². The molecule has 1 unspecified atom stereocenters. The zero-order chi connectivity index (χ0) is 6.78. The summed E-state index contributed by atoms with van der Waals surface area (Å²) in [6, 6.07) is 0. The van der Waals surface area contributed by atoms with Crippen LogP contribution < -0.4 is 0 Å². The second kappa shape index (κ2) is 3.51. The Kier molecular flexibility index (Phi) is 4.11. The molecule has 1 N–H and O–H groups in total. The molecule has 0 saturated heterocycles. The highest BCUT2D eigenvalue weighted by Crippen LogP contribution is 2.37. The van der Waals surface area contributed by atoms with Crippen LogP contribution in [0.3, 0.4) is 0 Å². The zero-order valence-electron chi connectivity index (χ0n) is 4.07. The predicted octanol–water partition coefficient (Wildman–Crippen LogP) is 1.79. The minimum atomic E-state index is -0.900. The van der Waals surface area contributed by atoms with Crippen molar-refractivity contribution >= 4 is 47.8 Å². The molecule has 0 aromatic rings. The van der Waals surface area contributed by atoms with E-state index in [1.807, 2.05) is 0 Å². The molecule has 0 rings (SSSR count). The first-order valence-electron chi connectivity index (χ1n) is 1.76. The van der Waals surface area contributed by atoms with Crippen LogP contribution in [0.15, 0.2) is 0 Å². The number of aliphatic hydroxyl groups is 1. The number of aliphatic hydroxyl groups excluding tert-OH is 1. The third-order valence-electron chi connectivity index (χ3n) is 0.503. The Bertz CT molecular complexity index is 69.4. The first-order valence-corrected chi connectivity index (χ1v) is 4.14. The number of rotatable bonds is 1. The number of methoxy groups -OCH3 is 1. The zero-order valence-corrected chi connectivity index (χ0v) is 8.82. The lowest BCUT2D eigenvalue weighted by atomic mass is 10.8. The quantitative estimate of drug-likeness (QED) is 0.591. The lowest BCUT2D eigenvalue weighted by Crippen LogP contribution is -2.24. The fourth-order valence-corrected chi connectivity index (χ4v) is 0.694. The molecule has 0 aromatic heterocycles. The van der Waals surface area contributed by atoms with E-state index in [1.54, 1.807) is 0 Å². The maximum Gasteiger partial charge on any atom is 0.189 e. The van der Waals surface area contributed by atoms with Gasteiger partial charge < -0.3 is 9.84 Å².